The summed E-state index contributed by atoms with van der Waals surface area (Å²) in [6, 6.07) is 4.29. The van der Waals surface area contributed by atoms with Gasteiger partial charge in [0.05, 0.1) is 5.56 Å². The highest BCUT2D eigenvalue weighted by Crippen LogP contribution is 2.31. The molecule has 0 unspecified atom stereocenters. The Bertz CT molecular complexity index is 578. The number of halogens is 3. The number of hydrogen-bond donors (Lipinski definition) is 1. The van der Waals surface area contributed by atoms with Crippen molar-refractivity contribution in [2.45, 2.75) is 6.18 Å². The molecule has 1 heterocycles. The number of rotatable bonds is 2. The molecule has 0 aliphatic heterocycles. The highest BCUT2D eigenvalue weighted by molar-refractivity contribution is 7.09. The second-order valence-corrected chi connectivity index (χ2v) is 4.06. The van der Waals surface area contributed by atoms with E-state index in [9.17, 15) is 18.0 Å². The van der Waals surface area contributed by atoms with Crippen LogP contribution in [0.2, 0.25) is 0 Å². The summed E-state index contributed by atoms with van der Waals surface area (Å²) in [5.41, 5.74) is -0.373. The second kappa shape index (κ2) is 4.37. The van der Waals surface area contributed by atoms with E-state index in [1.54, 1.807) is 0 Å². The molecule has 0 spiro atoms. The molecule has 0 fully saturated rings. The molecule has 0 aliphatic carbocycles. The molecule has 4 nitrogen and oxygen atoms in total. The van der Waals surface area contributed by atoms with Crippen LogP contribution >= 0.6 is 11.5 Å². The number of hydrogen-bond acceptors (Lipinski definition) is 4. The summed E-state index contributed by atoms with van der Waals surface area (Å²) in [6.07, 6.45) is -4.40. The zero-order chi connectivity index (χ0) is 13.3. The average Bonchev–Trinajstić information content (AvgIpc) is 2.77. The molecule has 2 aromatic rings. The first-order chi connectivity index (χ1) is 8.38. The second-order valence-electron chi connectivity index (χ2n) is 3.30. The highest BCUT2D eigenvalue weighted by atomic mass is 32.1. The Morgan fingerprint density at radius 2 is 1.83 bits per heavy atom. The quantitative estimate of drug-likeness (QED) is 0.914. The van der Waals surface area contributed by atoms with Crippen LogP contribution in [0.3, 0.4) is 0 Å². The maximum absolute atomic E-state index is 12.3. The van der Waals surface area contributed by atoms with Gasteiger partial charge in [-0.1, -0.05) is 12.1 Å². The van der Waals surface area contributed by atoms with Crippen molar-refractivity contribution in [1.82, 2.24) is 9.36 Å². The van der Waals surface area contributed by atoms with Crippen LogP contribution in [0.15, 0.2) is 24.3 Å². The fraction of sp³-hybridized carbons (Fsp3) is 0.100. The van der Waals surface area contributed by atoms with E-state index >= 15 is 0 Å². The summed E-state index contributed by atoms with van der Waals surface area (Å²) in [7, 11) is 0. The summed E-state index contributed by atoms with van der Waals surface area (Å²) in [4.78, 5) is 14.3. The number of carbonyl (C=O) groups is 1. The molecule has 1 aromatic carbocycles. The summed E-state index contributed by atoms with van der Waals surface area (Å²) < 4.78 is 40.6. The van der Waals surface area contributed by atoms with E-state index in [4.69, 9.17) is 5.11 Å². The first kappa shape index (κ1) is 12.5. The van der Waals surface area contributed by atoms with Gasteiger partial charge in [0.15, 0.2) is 0 Å². The van der Waals surface area contributed by atoms with Crippen LogP contribution in [0.25, 0.3) is 10.6 Å². The van der Waals surface area contributed by atoms with Crippen LogP contribution in [-0.2, 0) is 6.18 Å². The predicted octanol–water partition coefficient (Wildman–Crippen LogP) is 2.92. The van der Waals surface area contributed by atoms with Crippen molar-refractivity contribution in [2.24, 2.45) is 0 Å². The van der Waals surface area contributed by atoms with Gasteiger partial charge in [-0.15, -0.1) is 0 Å². The Morgan fingerprint density at radius 1 is 1.22 bits per heavy atom. The molecule has 0 atom stereocenters. The van der Waals surface area contributed by atoms with E-state index in [2.05, 4.69) is 9.36 Å². The molecule has 2 rings (SSSR count). The zero-order valence-electron chi connectivity index (χ0n) is 8.60. The lowest BCUT2D eigenvalue weighted by atomic mass is 10.1. The fourth-order valence-corrected chi connectivity index (χ4v) is 1.89. The number of carboxylic acid groups (broad SMARTS) is 1. The van der Waals surface area contributed by atoms with Gasteiger partial charge in [-0.05, 0) is 23.7 Å². The van der Waals surface area contributed by atoms with E-state index in [0.29, 0.717) is 5.56 Å². The average molecular weight is 274 g/mol. The lowest BCUT2D eigenvalue weighted by molar-refractivity contribution is -0.137. The Kier molecular flexibility index (Phi) is 3.04. The molecular weight excluding hydrogens is 269 g/mol. The molecule has 0 radical (unpaired) electrons. The third-order valence-corrected chi connectivity index (χ3v) is 2.84. The molecule has 8 heteroatoms. The van der Waals surface area contributed by atoms with Crippen LogP contribution in [0.4, 0.5) is 13.2 Å². The Labute approximate surface area is 103 Å². The number of aromatic nitrogens is 2. The van der Waals surface area contributed by atoms with Crippen molar-refractivity contribution in [3.8, 4) is 10.6 Å². The molecule has 1 aromatic heterocycles. The molecule has 0 aliphatic rings. The van der Waals surface area contributed by atoms with Crippen LogP contribution < -0.4 is 0 Å². The molecule has 0 saturated heterocycles. The van der Waals surface area contributed by atoms with Crippen molar-refractivity contribution in [3.63, 3.8) is 0 Å². The topological polar surface area (TPSA) is 63.1 Å². The monoisotopic (exact) mass is 274 g/mol. The van der Waals surface area contributed by atoms with Gasteiger partial charge in [0, 0.05) is 5.56 Å². The van der Waals surface area contributed by atoms with Crippen molar-refractivity contribution < 1.29 is 23.1 Å². The molecular formula is C10H5F3N2O2S. The molecule has 94 valence electrons. The fourth-order valence-electron chi connectivity index (χ4n) is 1.23. The lowest BCUT2D eigenvalue weighted by Crippen LogP contribution is -2.04. The largest absolute Gasteiger partial charge is 0.475 e. The molecule has 0 saturated carbocycles. The van der Waals surface area contributed by atoms with Crippen LogP contribution in [0, 0.1) is 0 Å². The van der Waals surface area contributed by atoms with Gasteiger partial charge in [-0.2, -0.15) is 17.5 Å². The minimum absolute atomic E-state index is 0.265. The third-order valence-electron chi connectivity index (χ3n) is 2.08. The van der Waals surface area contributed by atoms with E-state index in [1.807, 2.05) is 0 Å². The Hall–Kier alpha value is -1.96. The maximum Gasteiger partial charge on any atom is 0.416 e. The van der Waals surface area contributed by atoms with Gasteiger partial charge < -0.3 is 5.11 Å². The first-order valence-corrected chi connectivity index (χ1v) is 5.40. The van der Waals surface area contributed by atoms with E-state index in [0.717, 1.165) is 23.7 Å². The van der Waals surface area contributed by atoms with E-state index < -0.39 is 17.7 Å². The van der Waals surface area contributed by atoms with Crippen LogP contribution in [0.5, 0.6) is 0 Å². The number of alkyl halides is 3. The van der Waals surface area contributed by atoms with Gasteiger partial charge in [-0.25, -0.2) is 9.78 Å². The van der Waals surface area contributed by atoms with E-state index in [1.165, 1.54) is 12.1 Å². The number of benzene rings is 1. The number of carboxylic acids is 1. The summed E-state index contributed by atoms with van der Waals surface area (Å²) in [5.74, 6) is -1.64. The number of nitrogens with zero attached hydrogens (tertiary/aromatic N) is 2. The van der Waals surface area contributed by atoms with Crippen molar-refractivity contribution in [1.29, 1.82) is 0 Å². The Morgan fingerprint density at radius 3 is 2.28 bits per heavy atom. The van der Waals surface area contributed by atoms with Crippen molar-refractivity contribution in [2.75, 3.05) is 0 Å². The van der Waals surface area contributed by atoms with Gasteiger partial charge in [0.1, 0.15) is 5.01 Å². The van der Waals surface area contributed by atoms with Gasteiger partial charge in [-0.3, -0.25) is 0 Å². The minimum Gasteiger partial charge on any atom is -0.475 e. The van der Waals surface area contributed by atoms with E-state index in [-0.39, 0.29) is 10.8 Å². The number of aromatic carboxylic acids is 1. The van der Waals surface area contributed by atoms with Gasteiger partial charge in [0.25, 0.3) is 5.82 Å². The molecule has 18 heavy (non-hydrogen) atoms. The van der Waals surface area contributed by atoms with Crippen LogP contribution in [-0.4, -0.2) is 20.4 Å². The predicted molar refractivity (Wildman–Crippen MR) is 57.3 cm³/mol. The molecule has 1 N–H and O–H groups in total. The summed E-state index contributed by atoms with van der Waals surface area (Å²) >= 11 is 0.821. The Balaban J connectivity index is 2.31. The molecule has 0 bridgehead atoms. The zero-order valence-corrected chi connectivity index (χ0v) is 9.42. The summed E-state index contributed by atoms with van der Waals surface area (Å²) in [6.45, 7) is 0. The highest BCUT2D eigenvalue weighted by Gasteiger charge is 2.30. The smallest absolute Gasteiger partial charge is 0.416 e. The molecule has 0 amide bonds. The third kappa shape index (κ3) is 2.48. The van der Waals surface area contributed by atoms with Crippen molar-refractivity contribution >= 4 is 17.5 Å². The van der Waals surface area contributed by atoms with Crippen molar-refractivity contribution in [3.05, 3.63) is 35.7 Å². The maximum atomic E-state index is 12.3. The first-order valence-electron chi connectivity index (χ1n) is 4.62. The van der Waals surface area contributed by atoms with Gasteiger partial charge >= 0.3 is 12.1 Å². The minimum atomic E-state index is -4.40. The normalized spacial score (nSPS) is 11.5. The van der Waals surface area contributed by atoms with Gasteiger partial charge in [0.2, 0.25) is 0 Å². The SMILES string of the molecule is O=C(O)c1nsc(-c2ccc(C(F)(F)F)cc2)n1. The standard InChI is InChI=1S/C10H5F3N2O2S/c11-10(12,13)6-3-1-5(2-4-6)8-14-7(9(16)17)15-18-8/h1-4H,(H,16,17). The van der Waals surface area contributed by atoms with Crippen LogP contribution in [0.1, 0.15) is 16.2 Å². The summed E-state index contributed by atoms with van der Waals surface area (Å²) in [5, 5.41) is 8.89. The lowest BCUT2D eigenvalue weighted by Gasteiger charge is -2.06.